The average Bonchev–Trinajstić information content (AvgIpc) is 2.26. The number of alkyl halides is 6. The molecule has 0 aliphatic carbocycles. The van der Waals surface area contributed by atoms with Crippen LogP contribution in [0.3, 0.4) is 0 Å². The molecule has 0 fully saturated rings. The minimum Gasteiger partial charge on any atom is -0.361 e. The van der Waals surface area contributed by atoms with Gasteiger partial charge < -0.3 is 5.53 Å². The van der Waals surface area contributed by atoms with Crippen LogP contribution < -0.4 is 0 Å². The fraction of sp³-hybridized carbons (Fsp3) is 0.273. The highest BCUT2D eigenvalue weighted by molar-refractivity contribution is 6.25. The lowest BCUT2D eigenvalue weighted by Gasteiger charge is -2.13. The van der Waals surface area contributed by atoms with Crippen LogP contribution >= 0.6 is 0 Å². The third kappa shape index (κ3) is 4.20. The summed E-state index contributed by atoms with van der Waals surface area (Å²) in [4.78, 5) is 13.4. The first-order valence-electron chi connectivity index (χ1n) is 5.02. The maximum Gasteiger partial charge on any atom is 0.416 e. The predicted octanol–water partition coefficient (Wildman–Crippen LogP) is 3.14. The normalized spacial score (nSPS) is 11.9. The van der Waals surface area contributed by atoms with Crippen LogP contribution in [0.15, 0.2) is 18.2 Å². The van der Waals surface area contributed by atoms with Crippen molar-refractivity contribution >= 4 is 12.0 Å². The summed E-state index contributed by atoms with van der Waals surface area (Å²) in [5.41, 5.74) is 4.59. The first kappa shape index (κ1) is 15.9. The van der Waals surface area contributed by atoms with Gasteiger partial charge in [0.1, 0.15) is 0 Å². The van der Waals surface area contributed by atoms with Gasteiger partial charge in [-0.25, -0.2) is 0 Å². The molecular formula is C11H6F6N2O. The van der Waals surface area contributed by atoms with Gasteiger partial charge in [0, 0.05) is 6.42 Å². The van der Waals surface area contributed by atoms with Gasteiger partial charge in [0.15, 0.2) is 0 Å². The number of carbonyl (C=O) groups is 1. The summed E-state index contributed by atoms with van der Waals surface area (Å²) in [5, 5.41) is 0. The highest BCUT2D eigenvalue weighted by atomic mass is 19.4. The second-order valence-corrected chi connectivity index (χ2v) is 3.80. The van der Waals surface area contributed by atoms with E-state index >= 15 is 0 Å². The van der Waals surface area contributed by atoms with E-state index in [2.05, 4.69) is 4.79 Å². The first-order valence-corrected chi connectivity index (χ1v) is 5.02. The van der Waals surface area contributed by atoms with Crippen molar-refractivity contribution in [3.8, 4) is 0 Å². The van der Waals surface area contributed by atoms with Crippen LogP contribution in [0.4, 0.5) is 26.3 Å². The Hall–Kier alpha value is -2.15. The molecule has 20 heavy (non-hydrogen) atoms. The molecule has 9 heteroatoms. The molecule has 0 heterocycles. The zero-order valence-electron chi connectivity index (χ0n) is 9.59. The van der Waals surface area contributed by atoms with E-state index in [1.54, 1.807) is 0 Å². The highest BCUT2D eigenvalue weighted by Crippen LogP contribution is 2.36. The molecule has 1 aromatic rings. The smallest absolute Gasteiger partial charge is 0.361 e. The Labute approximate surface area is 108 Å². The number of carbonyl (C=O) groups excluding carboxylic acids is 1. The van der Waals surface area contributed by atoms with Gasteiger partial charge in [-0.15, -0.1) is 0 Å². The summed E-state index contributed by atoms with van der Waals surface area (Å²) in [5.74, 6) is -0.931. The molecule has 1 aromatic carbocycles. The van der Waals surface area contributed by atoms with E-state index in [0.29, 0.717) is 18.3 Å². The monoisotopic (exact) mass is 296 g/mol. The summed E-state index contributed by atoms with van der Waals surface area (Å²) >= 11 is 0. The Bertz CT molecular complexity index is 537. The lowest BCUT2D eigenvalue weighted by molar-refractivity contribution is -0.143. The van der Waals surface area contributed by atoms with E-state index in [4.69, 9.17) is 5.53 Å². The summed E-state index contributed by atoms with van der Waals surface area (Å²) in [6, 6.07) is 0.852. The summed E-state index contributed by atoms with van der Waals surface area (Å²) in [6.07, 6.45) is -10.3. The molecule has 0 atom stereocenters. The van der Waals surface area contributed by atoms with Crippen molar-refractivity contribution < 1.29 is 35.9 Å². The molecular weight excluding hydrogens is 290 g/mol. The Balaban J connectivity index is 3.31. The van der Waals surface area contributed by atoms with Gasteiger partial charge >= 0.3 is 18.6 Å². The second kappa shape index (κ2) is 5.46. The van der Waals surface area contributed by atoms with Crippen LogP contribution in [0.25, 0.3) is 5.53 Å². The highest BCUT2D eigenvalue weighted by Gasteiger charge is 2.36. The molecule has 0 aromatic heterocycles. The quantitative estimate of drug-likeness (QED) is 0.366. The number of Topliss-reactive ketones (excluding diaryl/α,β-unsaturated/α-hetero) is 1. The fourth-order valence-electron chi connectivity index (χ4n) is 1.43. The zero-order chi connectivity index (χ0) is 15.6. The van der Waals surface area contributed by atoms with Crippen LogP contribution in [-0.4, -0.2) is 16.8 Å². The van der Waals surface area contributed by atoms with E-state index in [9.17, 15) is 31.1 Å². The third-order valence-electron chi connectivity index (χ3n) is 2.23. The van der Waals surface area contributed by atoms with Crippen molar-refractivity contribution in [1.29, 1.82) is 0 Å². The number of halogens is 6. The number of ketones is 1. The molecule has 0 aliphatic rings. The molecule has 0 saturated carbocycles. The Morgan fingerprint density at radius 3 is 1.85 bits per heavy atom. The van der Waals surface area contributed by atoms with Gasteiger partial charge in [0.05, 0.1) is 11.1 Å². The van der Waals surface area contributed by atoms with Crippen molar-refractivity contribution in [3.05, 3.63) is 40.4 Å². The Morgan fingerprint density at radius 2 is 1.50 bits per heavy atom. The van der Waals surface area contributed by atoms with Crippen molar-refractivity contribution in [2.24, 2.45) is 0 Å². The molecule has 0 unspecified atom stereocenters. The van der Waals surface area contributed by atoms with Crippen molar-refractivity contribution in [2.45, 2.75) is 18.8 Å². The summed E-state index contributed by atoms with van der Waals surface area (Å²) in [6.45, 7) is 0. The van der Waals surface area contributed by atoms with Crippen molar-refractivity contribution in [3.63, 3.8) is 0 Å². The molecule has 0 spiro atoms. The van der Waals surface area contributed by atoms with E-state index in [1.807, 2.05) is 0 Å². The molecule has 0 saturated heterocycles. The van der Waals surface area contributed by atoms with E-state index < -0.39 is 41.2 Å². The van der Waals surface area contributed by atoms with E-state index in [1.165, 1.54) is 0 Å². The van der Waals surface area contributed by atoms with E-state index in [0.717, 1.165) is 0 Å². The topological polar surface area (TPSA) is 53.5 Å². The summed E-state index contributed by atoms with van der Waals surface area (Å²) < 4.78 is 75.0. The fourth-order valence-corrected chi connectivity index (χ4v) is 1.43. The standard InChI is InChI=1S/C11H6F6N2O/c12-10(13,14)7-1-6(3-9(20)5-19-18)2-8(4-7)11(15,16)17/h1-2,4-5H,3H2. The van der Waals surface area contributed by atoms with Gasteiger partial charge in [-0.3, -0.25) is 4.79 Å². The van der Waals surface area contributed by atoms with Crippen LogP contribution in [0, 0.1) is 0 Å². The van der Waals surface area contributed by atoms with Gasteiger partial charge in [-0.05, 0) is 23.8 Å². The molecule has 1 rings (SSSR count). The van der Waals surface area contributed by atoms with Gasteiger partial charge in [-0.1, -0.05) is 0 Å². The molecule has 0 aliphatic heterocycles. The minimum absolute atomic E-state index is 0.0336. The predicted molar refractivity (Wildman–Crippen MR) is 54.8 cm³/mol. The number of hydrogen-bond donors (Lipinski definition) is 0. The Kier molecular flexibility index (Phi) is 4.34. The number of benzene rings is 1. The lowest BCUT2D eigenvalue weighted by atomic mass is 10.0. The van der Waals surface area contributed by atoms with E-state index in [-0.39, 0.29) is 6.07 Å². The molecule has 0 radical (unpaired) electrons. The lowest BCUT2D eigenvalue weighted by Crippen LogP contribution is -2.13. The third-order valence-corrected chi connectivity index (χ3v) is 2.23. The Morgan fingerprint density at radius 1 is 1.05 bits per heavy atom. The molecule has 108 valence electrons. The summed E-state index contributed by atoms with van der Waals surface area (Å²) in [7, 11) is 0. The molecule has 0 amide bonds. The SMILES string of the molecule is [N-]=[N+]=CC(=O)Cc1cc(C(F)(F)F)cc(C(F)(F)F)c1. The first-order chi connectivity index (χ1) is 9.04. The van der Waals surface area contributed by atoms with Crippen LogP contribution in [-0.2, 0) is 23.6 Å². The zero-order valence-corrected chi connectivity index (χ0v) is 9.59. The maximum absolute atomic E-state index is 12.5. The van der Waals surface area contributed by atoms with Crippen LogP contribution in [0.5, 0.6) is 0 Å². The van der Waals surface area contributed by atoms with Gasteiger partial charge in [-0.2, -0.15) is 31.1 Å². The largest absolute Gasteiger partial charge is 0.416 e. The number of nitrogens with zero attached hydrogens (tertiary/aromatic N) is 2. The molecule has 3 nitrogen and oxygen atoms in total. The van der Waals surface area contributed by atoms with Gasteiger partial charge in [0.25, 0.3) is 0 Å². The van der Waals surface area contributed by atoms with Crippen molar-refractivity contribution in [2.75, 3.05) is 0 Å². The number of hydrogen-bond acceptors (Lipinski definition) is 1. The van der Waals surface area contributed by atoms with Gasteiger partial charge in [0.2, 0.25) is 5.78 Å². The second-order valence-electron chi connectivity index (χ2n) is 3.80. The van der Waals surface area contributed by atoms with Crippen molar-refractivity contribution in [1.82, 2.24) is 0 Å². The molecule has 0 N–H and O–H groups in total. The maximum atomic E-state index is 12.5. The minimum atomic E-state index is -4.97. The molecule has 0 bridgehead atoms. The average molecular weight is 296 g/mol. The van der Waals surface area contributed by atoms with Crippen LogP contribution in [0.1, 0.15) is 16.7 Å². The van der Waals surface area contributed by atoms with Crippen LogP contribution in [0.2, 0.25) is 0 Å². The number of rotatable bonds is 3.